The van der Waals surface area contributed by atoms with Crippen LogP contribution in [0, 0.1) is 0 Å². The lowest BCUT2D eigenvalue weighted by Gasteiger charge is -2.08. The monoisotopic (exact) mass is 379 g/mol. The van der Waals surface area contributed by atoms with Crippen molar-refractivity contribution in [3.05, 3.63) is 53.9 Å². The maximum absolute atomic E-state index is 12.0. The average Bonchev–Trinajstić information content (AvgIpc) is 2.97. The van der Waals surface area contributed by atoms with Gasteiger partial charge in [-0.15, -0.1) is 0 Å². The Labute approximate surface area is 150 Å². The Kier molecular flexibility index (Phi) is 5.78. The smallest absolute Gasteiger partial charge is 0.338 e. The molecule has 0 aliphatic carbocycles. The van der Waals surface area contributed by atoms with Crippen LogP contribution in [0.4, 0.5) is 5.69 Å². The fraction of sp³-hybridized carbons (Fsp3) is 0.188. The fourth-order valence-electron chi connectivity index (χ4n) is 2.06. The number of imide groups is 1. The minimum absolute atomic E-state index is 0.0558. The van der Waals surface area contributed by atoms with Crippen LogP contribution in [0.15, 0.2) is 42.6 Å². The number of sulfonamides is 1. The second-order valence-electron chi connectivity index (χ2n) is 5.41. The molecule has 2 aromatic rings. The van der Waals surface area contributed by atoms with Crippen LogP contribution in [0.25, 0.3) is 0 Å². The summed E-state index contributed by atoms with van der Waals surface area (Å²) in [5, 5.41) is 2.10. The number of ether oxygens (including phenoxy) is 1. The van der Waals surface area contributed by atoms with E-state index in [2.05, 4.69) is 10.0 Å². The summed E-state index contributed by atoms with van der Waals surface area (Å²) in [7, 11) is -1.84. The van der Waals surface area contributed by atoms with Crippen molar-refractivity contribution in [2.75, 3.05) is 17.6 Å². The summed E-state index contributed by atoms with van der Waals surface area (Å²) in [5.74, 6) is -2.23. The molecular weight excluding hydrogens is 362 g/mol. The molecule has 2 rings (SSSR count). The van der Waals surface area contributed by atoms with E-state index in [0.717, 1.165) is 6.26 Å². The van der Waals surface area contributed by atoms with Crippen molar-refractivity contribution in [3.63, 3.8) is 0 Å². The summed E-state index contributed by atoms with van der Waals surface area (Å²) in [6.07, 6.45) is 2.63. The van der Waals surface area contributed by atoms with Crippen LogP contribution in [0.2, 0.25) is 0 Å². The average molecular weight is 379 g/mol. The van der Waals surface area contributed by atoms with Crippen LogP contribution >= 0.6 is 0 Å². The van der Waals surface area contributed by atoms with E-state index in [1.54, 1.807) is 19.3 Å². The number of amides is 2. The Balaban J connectivity index is 1.92. The maximum Gasteiger partial charge on any atom is 0.338 e. The minimum Gasteiger partial charge on any atom is -0.452 e. The summed E-state index contributed by atoms with van der Waals surface area (Å²) in [4.78, 5) is 35.6. The zero-order valence-electron chi connectivity index (χ0n) is 14.1. The van der Waals surface area contributed by atoms with Gasteiger partial charge in [0, 0.05) is 18.9 Å². The van der Waals surface area contributed by atoms with Gasteiger partial charge in [-0.2, -0.15) is 0 Å². The number of rotatable bonds is 6. The molecule has 0 fully saturated rings. The zero-order chi connectivity index (χ0) is 19.3. The lowest BCUT2D eigenvalue weighted by molar-refractivity contribution is -0.123. The van der Waals surface area contributed by atoms with Crippen molar-refractivity contribution in [2.24, 2.45) is 7.05 Å². The maximum atomic E-state index is 12.0. The van der Waals surface area contributed by atoms with Crippen LogP contribution in [-0.4, -0.2) is 43.6 Å². The SMILES string of the molecule is Cn1cccc1C(=O)NC(=O)COC(=O)c1cccc(NS(C)(=O)=O)c1. The zero-order valence-corrected chi connectivity index (χ0v) is 14.9. The molecule has 1 heterocycles. The Morgan fingerprint density at radius 2 is 1.88 bits per heavy atom. The quantitative estimate of drug-likeness (QED) is 0.705. The predicted molar refractivity (Wildman–Crippen MR) is 93.1 cm³/mol. The highest BCUT2D eigenvalue weighted by Crippen LogP contribution is 2.13. The first-order valence-electron chi connectivity index (χ1n) is 7.36. The van der Waals surface area contributed by atoms with Crippen LogP contribution in [0.3, 0.4) is 0 Å². The van der Waals surface area contributed by atoms with Gasteiger partial charge in [-0.05, 0) is 30.3 Å². The van der Waals surface area contributed by atoms with Gasteiger partial charge in [0.1, 0.15) is 5.69 Å². The molecule has 0 saturated heterocycles. The largest absolute Gasteiger partial charge is 0.452 e. The number of nitrogens with zero attached hydrogens (tertiary/aromatic N) is 1. The number of carbonyl (C=O) groups is 3. The summed E-state index contributed by atoms with van der Waals surface area (Å²) >= 11 is 0. The molecule has 10 heteroatoms. The lowest BCUT2D eigenvalue weighted by Crippen LogP contribution is -2.35. The highest BCUT2D eigenvalue weighted by molar-refractivity contribution is 7.92. The van der Waals surface area contributed by atoms with Crippen molar-refractivity contribution < 1.29 is 27.5 Å². The van der Waals surface area contributed by atoms with E-state index in [4.69, 9.17) is 4.74 Å². The molecule has 2 N–H and O–H groups in total. The van der Waals surface area contributed by atoms with E-state index in [0.29, 0.717) is 0 Å². The van der Waals surface area contributed by atoms with Gasteiger partial charge in [0.25, 0.3) is 11.8 Å². The van der Waals surface area contributed by atoms with Crippen molar-refractivity contribution >= 4 is 33.5 Å². The third kappa shape index (κ3) is 5.45. The minimum atomic E-state index is -3.49. The predicted octanol–water partition coefficient (Wildman–Crippen LogP) is 0.510. The van der Waals surface area contributed by atoms with Crippen molar-refractivity contribution in [1.29, 1.82) is 0 Å². The molecule has 1 aromatic carbocycles. The first-order chi connectivity index (χ1) is 12.2. The molecule has 0 aliphatic heterocycles. The van der Waals surface area contributed by atoms with E-state index in [1.807, 2.05) is 0 Å². The standard InChI is InChI=1S/C16H17N3O6S/c1-19-8-4-7-13(19)15(21)17-14(20)10-25-16(22)11-5-3-6-12(9-11)18-26(2,23)24/h3-9,18H,10H2,1-2H3,(H,17,20,21). The second kappa shape index (κ2) is 7.83. The van der Waals surface area contributed by atoms with E-state index in [1.165, 1.54) is 34.9 Å². The summed E-state index contributed by atoms with van der Waals surface area (Å²) in [6.45, 7) is -0.654. The Morgan fingerprint density at radius 1 is 1.15 bits per heavy atom. The molecule has 138 valence electrons. The number of hydrogen-bond acceptors (Lipinski definition) is 6. The number of carbonyl (C=O) groups excluding carboxylic acids is 3. The van der Waals surface area contributed by atoms with Gasteiger partial charge in [0.2, 0.25) is 10.0 Å². The van der Waals surface area contributed by atoms with Gasteiger partial charge >= 0.3 is 5.97 Å². The van der Waals surface area contributed by atoms with Gasteiger partial charge in [-0.1, -0.05) is 6.07 Å². The van der Waals surface area contributed by atoms with Gasteiger partial charge in [0.05, 0.1) is 11.8 Å². The van der Waals surface area contributed by atoms with Crippen LogP contribution in [0.1, 0.15) is 20.8 Å². The van der Waals surface area contributed by atoms with Gasteiger partial charge in [-0.25, -0.2) is 13.2 Å². The number of esters is 1. The van der Waals surface area contributed by atoms with Crippen LogP contribution in [-0.2, 0) is 26.6 Å². The lowest BCUT2D eigenvalue weighted by atomic mass is 10.2. The van der Waals surface area contributed by atoms with Gasteiger partial charge in [-0.3, -0.25) is 19.6 Å². The number of anilines is 1. The molecule has 26 heavy (non-hydrogen) atoms. The molecule has 0 unspecified atom stereocenters. The topological polar surface area (TPSA) is 124 Å². The van der Waals surface area contributed by atoms with Gasteiger partial charge < -0.3 is 9.30 Å². The number of aromatic nitrogens is 1. The van der Waals surface area contributed by atoms with Crippen molar-refractivity contribution in [2.45, 2.75) is 0 Å². The number of nitrogens with one attached hydrogen (secondary N) is 2. The molecule has 0 radical (unpaired) electrons. The van der Waals surface area contributed by atoms with Crippen LogP contribution < -0.4 is 10.0 Å². The summed E-state index contributed by atoms with van der Waals surface area (Å²) in [5.41, 5.74) is 0.523. The highest BCUT2D eigenvalue weighted by Gasteiger charge is 2.15. The van der Waals surface area contributed by atoms with Crippen molar-refractivity contribution in [3.8, 4) is 0 Å². The third-order valence-electron chi connectivity index (χ3n) is 3.17. The van der Waals surface area contributed by atoms with E-state index in [9.17, 15) is 22.8 Å². The molecule has 0 aliphatic rings. The number of hydrogen-bond donors (Lipinski definition) is 2. The molecule has 2 amide bonds. The fourth-order valence-corrected chi connectivity index (χ4v) is 2.62. The molecule has 0 spiro atoms. The van der Waals surface area contributed by atoms with E-state index >= 15 is 0 Å². The van der Waals surface area contributed by atoms with Gasteiger partial charge in [0.15, 0.2) is 6.61 Å². The highest BCUT2D eigenvalue weighted by atomic mass is 32.2. The van der Waals surface area contributed by atoms with E-state index in [-0.39, 0.29) is 16.9 Å². The van der Waals surface area contributed by atoms with Crippen molar-refractivity contribution in [1.82, 2.24) is 9.88 Å². The number of benzene rings is 1. The summed E-state index contributed by atoms with van der Waals surface area (Å²) in [6, 6.07) is 8.79. The Morgan fingerprint density at radius 3 is 2.50 bits per heavy atom. The third-order valence-corrected chi connectivity index (χ3v) is 3.77. The first kappa shape index (κ1) is 19.2. The van der Waals surface area contributed by atoms with E-state index < -0.39 is 34.4 Å². The normalized spacial score (nSPS) is 10.8. The Hall–Kier alpha value is -3.14. The molecule has 0 saturated carbocycles. The molecule has 1 aromatic heterocycles. The Bertz CT molecular complexity index is 948. The molecular formula is C16H17N3O6S. The first-order valence-corrected chi connectivity index (χ1v) is 9.25. The molecule has 9 nitrogen and oxygen atoms in total. The molecule has 0 atom stereocenters. The summed E-state index contributed by atoms with van der Waals surface area (Å²) < 4.78 is 31.0. The molecule has 0 bridgehead atoms. The number of aryl methyl sites for hydroxylation is 1. The second-order valence-corrected chi connectivity index (χ2v) is 7.16. The van der Waals surface area contributed by atoms with Crippen LogP contribution in [0.5, 0.6) is 0 Å².